The first kappa shape index (κ1) is 22.8. The predicted molar refractivity (Wildman–Crippen MR) is 96.4 cm³/mol. The summed E-state index contributed by atoms with van der Waals surface area (Å²) in [6, 6.07) is 4.54. The number of carbonyl (C=O) groups excluding carboxylic acids is 1. The second-order valence-corrected chi connectivity index (χ2v) is 6.74. The van der Waals surface area contributed by atoms with Gasteiger partial charge >= 0.3 is 0 Å². The van der Waals surface area contributed by atoms with Crippen molar-refractivity contribution in [3.05, 3.63) is 29.3 Å². The molecule has 1 rings (SSSR count). The van der Waals surface area contributed by atoms with Crippen molar-refractivity contribution in [1.82, 2.24) is 15.4 Å². The summed E-state index contributed by atoms with van der Waals surface area (Å²) in [4.78, 5) is 12.3. The van der Waals surface area contributed by atoms with Crippen LogP contribution in [-0.2, 0) is 14.8 Å². The van der Waals surface area contributed by atoms with Crippen molar-refractivity contribution in [2.45, 2.75) is 18.7 Å². The lowest BCUT2D eigenvalue weighted by atomic mass is 10.1. The first-order valence-electron chi connectivity index (χ1n) is 7.50. The van der Waals surface area contributed by atoms with Gasteiger partial charge in [0, 0.05) is 38.9 Å². The summed E-state index contributed by atoms with van der Waals surface area (Å²) in [6.07, 6.45) is 0. The molecular formula is C15H26ClN3O4S. The summed E-state index contributed by atoms with van der Waals surface area (Å²) in [6.45, 7) is 6.16. The van der Waals surface area contributed by atoms with Crippen molar-refractivity contribution in [1.29, 1.82) is 0 Å². The van der Waals surface area contributed by atoms with Crippen LogP contribution in [0.25, 0.3) is 0 Å². The molecule has 9 heteroatoms. The quantitative estimate of drug-likeness (QED) is 0.519. The van der Waals surface area contributed by atoms with Gasteiger partial charge in [0.05, 0.1) is 11.5 Å². The number of benzene rings is 1. The highest BCUT2D eigenvalue weighted by atomic mass is 35.5. The van der Waals surface area contributed by atoms with Crippen LogP contribution in [0.15, 0.2) is 23.1 Å². The minimum atomic E-state index is -3.57. The summed E-state index contributed by atoms with van der Waals surface area (Å²) < 4.78 is 31.3. The Balaban J connectivity index is 0.00000529. The standard InChI is InChI=1S/C15H25N3O4S.ClH/c1-4-18-23(20,21)13-6-5-12(2)14(11-13)15(19)17-8-7-16-9-10-22-3;/h5-6,11,16,18H,4,7-10H2,1-3H3,(H,17,19);1H. The molecule has 0 heterocycles. The second-order valence-electron chi connectivity index (χ2n) is 4.98. The third-order valence-electron chi connectivity index (χ3n) is 3.17. The summed E-state index contributed by atoms with van der Waals surface area (Å²) in [5, 5.41) is 5.88. The lowest BCUT2D eigenvalue weighted by molar-refractivity contribution is 0.0953. The smallest absolute Gasteiger partial charge is 0.251 e. The zero-order chi connectivity index (χ0) is 17.3. The molecule has 7 nitrogen and oxygen atoms in total. The minimum Gasteiger partial charge on any atom is -0.383 e. The lowest BCUT2D eigenvalue weighted by Gasteiger charge is -2.11. The molecule has 0 aliphatic rings. The van der Waals surface area contributed by atoms with E-state index in [-0.39, 0.29) is 23.2 Å². The number of halogens is 1. The van der Waals surface area contributed by atoms with Gasteiger partial charge in [-0.25, -0.2) is 13.1 Å². The van der Waals surface area contributed by atoms with Gasteiger partial charge in [0.2, 0.25) is 10.0 Å². The molecule has 0 radical (unpaired) electrons. The third kappa shape index (κ3) is 7.14. The van der Waals surface area contributed by atoms with Gasteiger partial charge in [0.1, 0.15) is 0 Å². The molecular weight excluding hydrogens is 354 g/mol. The second kappa shape index (κ2) is 11.4. The van der Waals surface area contributed by atoms with Crippen LogP contribution in [-0.4, -0.2) is 54.2 Å². The monoisotopic (exact) mass is 379 g/mol. The average molecular weight is 380 g/mol. The van der Waals surface area contributed by atoms with Crippen LogP contribution in [0.3, 0.4) is 0 Å². The van der Waals surface area contributed by atoms with Crippen LogP contribution in [0.1, 0.15) is 22.8 Å². The highest BCUT2D eigenvalue weighted by Crippen LogP contribution is 2.15. The van der Waals surface area contributed by atoms with Crippen molar-refractivity contribution in [3.63, 3.8) is 0 Å². The molecule has 0 saturated heterocycles. The van der Waals surface area contributed by atoms with E-state index in [2.05, 4.69) is 15.4 Å². The number of ether oxygens (including phenoxy) is 1. The highest BCUT2D eigenvalue weighted by molar-refractivity contribution is 7.89. The highest BCUT2D eigenvalue weighted by Gasteiger charge is 2.16. The number of sulfonamides is 1. The molecule has 0 aromatic heterocycles. The van der Waals surface area contributed by atoms with Crippen LogP contribution in [0.5, 0.6) is 0 Å². The molecule has 0 atom stereocenters. The Labute approximate surface area is 150 Å². The van der Waals surface area contributed by atoms with Gasteiger partial charge in [-0.3, -0.25) is 4.79 Å². The number of hydrogen-bond donors (Lipinski definition) is 3. The van der Waals surface area contributed by atoms with E-state index in [1.165, 1.54) is 12.1 Å². The lowest BCUT2D eigenvalue weighted by Crippen LogP contribution is -2.33. The largest absolute Gasteiger partial charge is 0.383 e. The van der Waals surface area contributed by atoms with Crippen molar-refractivity contribution in [2.24, 2.45) is 0 Å². The maximum absolute atomic E-state index is 12.2. The van der Waals surface area contributed by atoms with E-state index in [0.29, 0.717) is 38.3 Å². The summed E-state index contributed by atoms with van der Waals surface area (Å²) in [5.74, 6) is -0.287. The van der Waals surface area contributed by atoms with E-state index in [0.717, 1.165) is 5.56 Å². The Hall–Kier alpha value is -1.19. The molecule has 138 valence electrons. The van der Waals surface area contributed by atoms with Crippen molar-refractivity contribution >= 4 is 28.3 Å². The summed E-state index contributed by atoms with van der Waals surface area (Å²) >= 11 is 0. The number of hydrogen-bond acceptors (Lipinski definition) is 5. The molecule has 1 aromatic carbocycles. The minimum absolute atomic E-state index is 0. The number of carbonyl (C=O) groups is 1. The SMILES string of the molecule is CCNS(=O)(=O)c1ccc(C)c(C(=O)NCCNCCOC)c1.Cl. The molecule has 0 fully saturated rings. The maximum atomic E-state index is 12.2. The fourth-order valence-corrected chi connectivity index (χ4v) is 3.01. The normalized spacial score (nSPS) is 11.0. The number of methoxy groups -OCH3 is 1. The number of rotatable bonds is 10. The summed E-state index contributed by atoms with van der Waals surface area (Å²) in [7, 11) is -1.95. The van der Waals surface area contributed by atoms with E-state index < -0.39 is 10.0 Å². The van der Waals surface area contributed by atoms with Crippen molar-refractivity contribution < 1.29 is 17.9 Å². The van der Waals surface area contributed by atoms with E-state index in [1.807, 2.05) is 0 Å². The number of amides is 1. The Morgan fingerprint density at radius 3 is 2.54 bits per heavy atom. The van der Waals surface area contributed by atoms with Crippen molar-refractivity contribution in [3.8, 4) is 0 Å². The van der Waals surface area contributed by atoms with Crippen LogP contribution < -0.4 is 15.4 Å². The number of aryl methyl sites for hydroxylation is 1. The first-order valence-corrected chi connectivity index (χ1v) is 8.99. The first-order chi connectivity index (χ1) is 10.9. The molecule has 0 bridgehead atoms. The molecule has 1 amide bonds. The van der Waals surface area contributed by atoms with Gasteiger partial charge in [-0.1, -0.05) is 13.0 Å². The van der Waals surface area contributed by atoms with Crippen LogP contribution in [0.4, 0.5) is 0 Å². The van der Waals surface area contributed by atoms with Gasteiger partial charge < -0.3 is 15.4 Å². The predicted octanol–water partition coefficient (Wildman–Crippen LogP) is 0.681. The van der Waals surface area contributed by atoms with Gasteiger partial charge in [-0.05, 0) is 24.6 Å². The van der Waals surface area contributed by atoms with Crippen LogP contribution in [0, 0.1) is 6.92 Å². The van der Waals surface area contributed by atoms with E-state index in [9.17, 15) is 13.2 Å². The van der Waals surface area contributed by atoms with E-state index in [1.54, 1.807) is 27.0 Å². The zero-order valence-corrected chi connectivity index (χ0v) is 15.9. The molecule has 0 unspecified atom stereocenters. The Kier molecular flexibility index (Phi) is 10.8. The maximum Gasteiger partial charge on any atom is 0.251 e. The van der Waals surface area contributed by atoms with Gasteiger partial charge in [0.15, 0.2) is 0 Å². The van der Waals surface area contributed by atoms with Crippen LogP contribution in [0.2, 0.25) is 0 Å². The van der Waals surface area contributed by atoms with Gasteiger partial charge in [0.25, 0.3) is 5.91 Å². The molecule has 24 heavy (non-hydrogen) atoms. The molecule has 1 aromatic rings. The Bertz CT molecular complexity index is 623. The van der Waals surface area contributed by atoms with Crippen LogP contribution >= 0.6 is 12.4 Å². The molecule has 0 saturated carbocycles. The molecule has 0 aliphatic heterocycles. The Morgan fingerprint density at radius 2 is 1.92 bits per heavy atom. The molecule has 0 spiro atoms. The average Bonchev–Trinajstić information content (AvgIpc) is 2.50. The van der Waals surface area contributed by atoms with Gasteiger partial charge in [-0.15, -0.1) is 12.4 Å². The zero-order valence-electron chi connectivity index (χ0n) is 14.2. The third-order valence-corrected chi connectivity index (χ3v) is 4.71. The van der Waals surface area contributed by atoms with Crippen molar-refractivity contribution in [2.75, 3.05) is 39.9 Å². The fraction of sp³-hybridized carbons (Fsp3) is 0.533. The number of nitrogens with one attached hydrogen (secondary N) is 3. The Morgan fingerprint density at radius 1 is 1.21 bits per heavy atom. The van der Waals surface area contributed by atoms with Gasteiger partial charge in [-0.2, -0.15) is 0 Å². The topological polar surface area (TPSA) is 96.5 Å². The van der Waals surface area contributed by atoms with E-state index in [4.69, 9.17) is 4.74 Å². The fourth-order valence-electron chi connectivity index (χ4n) is 1.95. The molecule has 3 N–H and O–H groups in total. The molecule has 0 aliphatic carbocycles. The summed E-state index contributed by atoms with van der Waals surface area (Å²) in [5.41, 5.74) is 1.09. The van der Waals surface area contributed by atoms with E-state index >= 15 is 0 Å².